The minimum Gasteiger partial charge on any atom is -0.481 e. The van der Waals surface area contributed by atoms with Crippen LogP contribution in [-0.2, 0) is 14.3 Å². The highest BCUT2D eigenvalue weighted by Gasteiger charge is 2.32. The fraction of sp³-hybridized carbons (Fsp3) is 0.323. The van der Waals surface area contributed by atoms with E-state index in [0.29, 0.717) is 11.6 Å². The van der Waals surface area contributed by atoms with Crippen LogP contribution in [0.4, 0.5) is 5.69 Å². The quantitative estimate of drug-likeness (QED) is 0.260. The van der Waals surface area contributed by atoms with Crippen molar-refractivity contribution in [3.05, 3.63) is 81.7 Å². The van der Waals surface area contributed by atoms with Crippen LogP contribution in [0.25, 0.3) is 16.1 Å². The number of hydrogen-bond donors (Lipinski definition) is 2. The Bertz CT molecular complexity index is 1640. The number of carboxylic acid groups (broad SMARTS) is 1. The number of ether oxygens (including phenoxy) is 1. The van der Waals surface area contributed by atoms with Gasteiger partial charge < -0.3 is 15.2 Å². The van der Waals surface area contributed by atoms with Crippen LogP contribution in [0.1, 0.15) is 66.5 Å². The molecule has 212 valence electrons. The van der Waals surface area contributed by atoms with E-state index < -0.39 is 17.6 Å². The lowest BCUT2D eigenvalue weighted by molar-refractivity contribution is -0.152. The van der Waals surface area contributed by atoms with Gasteiger partial charge in [-0.15, -0.1) is 21.5 Å². The van der Waals surface area contributed by atoms with E-state index in [1.807, 2.05) is 80.8 Å². The number of benzene rings is 2. The van der Waals surface area contributed by atoms with E-state index in [2.05, 4.69) is 29.4 Å². The third kappa shape index (κ3) is 5.92. The summed E-state index contributed by atoms with van der Waals surface area (Å²) in [6, 6.07) is 15.3. The van der Waals surface area contributed by atoms with Gasteiger partial charge in [-0.2, -0.15) is 0 Å². The standard InChI is InChI=1S/C31H33N5O4S/c1-17-18(2)41-30-27(17)28(33-24(15-25(37)38)29-35-34-19(3)36(29)30)22-9-7-20(8-10-22)21-11-13-23(14-12-21)32-16-26(39)40-31(4,5)6/h7-14,24,32H,15-16H2,1-6H3,(H,37,38)/t24-/m0/s1. The number of anilines is 1. The van der Waals surface area contributed by atoms with E-state index >= 15 is 0 Å². The highest BCUT2D eigenvalue weighted by molar-refractivity contribution is 7.15. The van der Waals surface area contributed by atoms with Gasteiger partial charge in [0, 0.05) is 21.7 Å². The maximum atomic E-state index is 12.0. The van der Waals surface area contributed by atoms with Gasteiger partial charge in [0.25, 0.3) is 0 Å². The Morgan fingerprint density at radius 2 is 1.59 bits per heavy atom. The number of nitrogens with zero attached hydrogens (tertiary/aromatic N) is 4. The molecule has 10 heteroatoms. The average Bonchev–Trinajstić information content (AvgIpc) is 3.39. The Kier molecular flexibility index (Phi) is 7.52. The summed E-state index contributed by atoms with van der Waals surface area (Å²) in [5.74, 6) is -0.00529. The monoisotopic (exact) mass is 571 g/mol. The summed E-state index contributed by atoms with van der Waals surface area (Å²) in [6.07, 6.45) is -0.180. The van der Waals surface area contributed by atoms with Crippen LogP contribution in [0.3, 0.4) is 0 Å². The third-order valence-electron chi connectivity index (χ3n) is 6.84. The molecule has 0 amide bonds. The number of hydrogen-bond acceptors (Lipinski definition) is 8. The maximum Gasteiger partial charge on any atom is 0.325 e. The van der Waals surface area contributed by atoms with Crippen LogP contribution in [0.15, 0.2) is 53.5 Å². The zero-order valence-electron chi connectivity index (χ0n) is 24.0. The average molecular weight is 572 g/mol. The van der Waals surface area contributed by atoms with Crippen molar-refractivity contribution in [1.29, 1.82) is 0 Å². The van der Waals surface area contributed by atoms with Crippen molar-refractivity contribution in [3.8, 4) is 16.1 Å². The molecule has 9 nitrogen and oxygen atoms in total. The second-order valence-electron chi connectivity index (χ2n) is 11.1. The molecular weight excluding hydrogens is 538 g/mol. The van der Waals surface area contributed by atoms with Crippen molar-refractivity contribution in [2.75, 3.05) is 11.9 Å². The van der Waals surface area contributed by atoms with E-state index in [4.69, 9.17) is 9.73 Å². The lowest BCUT2D eigenvalue weighted by Crippen LogP contribution is -2.28. The Morgan fingerprint density at radius 3 is 2.20 bits per heavy atom. The van der Waals surface area contributed by atoms with Gasteiger partial charge in [-0.1, -0.05) is 36.4 Å². The van der Waals surface area contributed by atoms with Gasteiger partial charge in [0.2, 0.25) is 0 Å². The molecule has 0 fully saturated rings. The van der Waals surface area contributed by atoms with Crippen LogP contribution in [-0.4, -0.2) is 49.7 Å². The van der Waals surface area contributed by atoms with Crippen molar-refractivity contribution in [3.63, 3.8) is 0 Å². The summed E-state index contributed by atoms with van der Waals surface area (Å²) in [4.78, 5) is 29.9. The van der Waals surface area contributed by atoms with Gasteiger partial charge in [0.1, 0.15) is 29.0 Å². The molecule has 1 aliphatic rings. The number of esters is 1. The lowest BCUT2D eigenvalue weighted by Gasteiger charge is -2.19. The smallest absolute Gasteiger partial charge is 0.325 e. The molecule has 4 aromatic rings. The molecule has 5 rings (SSSR count). The second-order valence-corrected chi connectivity index (χ2v) is 12.3. The van der Waals surface area contributed by atoms with Crippen LogP contribution < -0.4 is 5.32 Å². The molecule has 0 unspecified atom stereocenters. The first-order valence-electron chi connectivity index (χ1n) is 13.4. The normalized spacial score (nSPS) is 14.5. The SMILES string of the molecule is Cc1sc2c(c1C)C(c1ccc(-c3ccc(NCC(=O)OC(C)(C)C)cc3)cc1)=N[C@@H](CC(=O)O)c1nnc(C)n1-2. The number of thiophene rings is 1. The highest BCUT2D eigenvalue weighted by Crippen LogP contribution is 2.39. The van der Waals surface area contributed by atoms with Crippen LogP contribution in [0.2, 0.25) is 0 Å². The molecule has 3 heterocycles. The van der Waals surface area contributed by atoms with Gasteiger partial charge in [-0.3, -0.25) is 19.1 Å². The minimum atomic E-state index is -0.942. The van der Waals surface area contributed by atoms with Crippen molar-refractivity contribution in [2.45, 2.75) is 59.6 Å². The van der Waals surface area contributed by atoms with E-state index in [1.54, 1.807) is 11.3 Å². The first kappa shape index (κ1) is 28.2. The van der Waals surface area contributed by atoms with Crippen LogP contribution in [0, 0.1) is 20.8 Å². The zero-order chi connectivity index (χ0) is 29.5. The van der Waals surface area contributed by atoms with Crippen molar-refractivity contribution in [1.82, 2.24) is 14.8 Å². The Labute approximate surface area is 242 Å². The summed E-state index contributed by atoms with van der Waals surface area (Å²) in [5, 5.41) is 22.3. The molecule has 0 saturated heterocycles. The number of aryl methyl sites for hydroxylation is 2. The van der Waals surface area contributed by atoms with Crippen LogP contribution >= 0.6 is 11.3 Å². The molecule has 2 N–H and O–H groups in total. The van der Waals surface area contributed by atoms with E-state index in [9.17, 15) is 14.7 Å². The second kappa shape index (κ2) is 10.9. The summed E-state index contributed by atoms with van der Waals surface area (Å²) < 4.78 is 7.30. The topological polar surface area (TPSA) is 119 Å². The Morgan fingerprint density at radius 1 is 0.976 bits per heavy atom. The summed E-state index contributed by atoms with van der Waals surface area (Å²) in [7, 11) is 0. The van der Waals surface area contributed by atoms with Crippen LogP contribution in [0.5, 0.6) is 0 Å². The third-order valence-corrected chi connectivity index (χ3v) is 8.03. The first-order valence-corrected chi connectivity index (χ1v) is 14.2. The minimum absolute atomic E-state index is 0.0923. The molecule has 0 bridgehead atoms. The molecule has 2 aromatic heterocycles. The number of aromatic nitrogens is 3. The number of nitrogens with one attached hydrogen (secondary N) is 1. The summed E-state index contributed by atoms with van der Waals surface area (Å²) in [6.45, 7) is 11.7. The Hall–Kier alpha value is -4.31. The molecule has 41 heavy (non-hydrogen) atoms. The number of aliphatic carboxylic acids is 1. The molecule has 0 spiro atoms. The van der Waals surface area contributed by atoms with Gasteiger partial charge in [-0.25, -0.2) is 0 Å². The van der Waals surface area contributed by atoms with E-state index in [0.717, 1.165) is 49.1 Å². The molecule has 1 aliphatic heterocycles. The zero-order valence-corrected chi connectivity index (χ0v) is 24.8. The number of fused-ring (bicyclic) bond motifs is 3. The first-order chi connectivity index (χ1) is 19.4. The molecule has 0 aliphatic carbocycles. The predicted octanol–water partition coefficient (Wildman–Crippen LogP) is 6.04. The number of carbonyl (C=O) groups excluding carboxylic acids is 1. The predicted molar refractivity (Wildman–Crippen MR) is 160 cm³/mol. The summed E-state index contributed by atoms with van der Waals surface area (Å²) >= 11 is 1.64. The fourth-order valence-corrected chi connectivity index (χ4v) is 6.06. The molecule has 0 radical (unpaired) electrons. The van der Waals surface area contributed by atoms with Crippen molar-refractivity contribution >= 4 is 34.7 Å². The Balaban J connectivity index is 1.43. The van der Waals surface area contributed by atoms with Gasteiger partial charge in [0.05, 0.1) is 12.1 Å². The maximum absolute atomic E-state index is 12.0. The summed E-state index contributed by atoms with van der Waals surface area (Å²) in [5.41, 5.74) is 6.10. The van der Waals surface area contributed by atoms with Crippen molar-refractivity contribution in [2.24, 2.45) is 4.99 Å². The molecule has 1 atom stereocenters. The van der Waals surface area contributed by atoms with E-state index in [1.165, 1.54) is 0 Å². The number of aliphatic imine (C=N–C) groups is 1. The number of carbonyl (C=O) groups is 2. The molecule has 0 saturated carbocycles. The largest absolute Gasteiger partial charge is 0.481 e. The van der Waals surface area contributed by atoms with Gasteiger partial charge in [0.15, 0.2) is 5.82 Å². The van der Waals surface area contributed by atoms with Gasteiger partial charge in [-0.05, 0) is 70.4 Å². The number of rotatable bonds is 7. The fourth-order valence-electron chi connectivity index (χ4n) is 4.84. The van der Waals surface area contributed by atoms with Crippen molar-refractivity contribution < 1.29 is 19.4 Å². The number of carboxylic acids is 1. The lowest BCUT2D eigenvalue weighted by atomic mass is 9.97. The highest BCUT2D eigenvalue weighted by atomic mass is 32.1. The van der Waals surface area contributed by atoms with E-state index in [-0.39, 0.29) is 18.9 Å². The molecular formula is C31H33N5O4S. The molecule has 2 aromatic carbocycles. The van der Waals surface area contributed by atoms with Gasteiger partial charge >= 0.3 is 11.9 Å².